The van der Waals surface area contributed by atoms with Crippen molar-refractivity contribution in [3.8, 4) is 0 Å². The van der Waals surface area contributed by atoms with E-state index in [9.17, 15) is 0 Å². The van der Waals surface area contributed by atoms with Crippen LogP contribution in [-0.2, 0) is 0 Å². The molecule has 0 aromatic carbocycles. The van der Waals surface area contributed by atoms with E-state index >= 15 is 0 Å². The van der Waals surface area contributed by atoms with E-state index in [2.05, 4.69) is 25.9 Å². The maximum absolute atomic E-state index is 5.95. The molecule has 1 aliphatic rings. The van der Waals surface area contributed by atoms with E-state index in [-0.39, 0.29) is 5.54 Å². The van der Waals surface area contributed by atoms with Gasteiger partial charge in [-0.05, 0) is 33.9 Å². The third kappa shape index (κ3) is 1.25. The van der Waals surface area contributed by atoms with Gasteiger partial charge in [0, 0.05) is 11.6 Å². The largest absolute Gasteiger partial charge is 0.324 e. The average molecular weight is 128 g/mol. The maximum atomic E-state index is 5.95. The minimum atomic E-state index is 0.156. The van der Waals surface area contributed by atoms with Gasteiger partial charge in [0.25, 0.3) is 0 Å². The molecule has 1 rings (SSSR count). The molecule has 1 saturated carbocycles. The van der Waals surface area contributed by atoms with Gasteiger partial charge in [-0.2, -0.15) is 0 Å². The summed E-state index contributed by atoms with van der Waals surface area (Å²) in [7, 11) is 4.16. The summed E-state index contributed by atoms with van der Waals surface area (Å²) < 4.78 is 0. The minimum absolute atomic E-state index is 0.156. The van der Waals surface area contributed by atoms with Crippen LogP contribution in [0.1, 0.15) is 19.8 Å². The fraction of sp³-hybridized carbons (Fsp3) is 1.00. The molecule has 0 bridgehead atoms. The average Bonchev–Trinajstić information content (AvgIpc) is 2.47. The molecule has 1 unspecified atom stereocenters. The molecule has 0 amide bonds. The molecule has 2 nitrogen and oxygen atoms in total. The van der Waals surface area contributed by atoms with Crippen LogP contribution in [0, 0.1) is 0 Å². The summed E-state index contributed by atoms with van der Waals surface area (Å²) in [5.41, 5.74) is 6.11. The van der Waals surface area contributed by atoms with Crippen LogP contribution in [0.2, 0.25) is 0 Å². The summed E-state index contributed by atoms with van der Waals surface area (Å²) in [6.07, 6.45) is 2.40. The number of nitrogens with two attached hydrogens (primary N) is 1. The summed E-state index contributed by atoms with van der Waals surface area (Å²) in [5.74, 6) is 0. The zero-order valence-corrected chi connectivity index (χ0v) is 6.52. The number of hydrogen-bond acceptors (Lipinski definition) is 2. The van der Waals surface area contributed by atoms with Gasteiger partial charge in [0.15, 0.2) is 0 Å². The molecule has 1 atom stereocenters. The van der Waals surface area contributed by atoms with Crippen LogP contribution >= 0.6 is 0 Å². The van der Waals surface area contributed by atoms with E-state index in [1.165, 1.54) is 12.8 Å². The van der Waals surface area contributed by atoms with Crippen molar-refractivity contribution >= 4 is 0 Å². The molecule has 0 aliphatic heterocycles. The first-order valence-corrected chi connectivity index (χ1v) is 3.51. The fourth-order valence-electron chi connectivity index (χ4n) is 1.08. The Bertz CT molecular complexity index is 105. The van der Waals surface area contributed by atoms with Crippen molar-refractivity contribution in [2.75, 3.05) is 14.1 Å². The molecular weight excluding hydrogens is 112 g/mol. The molecule has 9 heavy (non-hydrogen) atoms. The highest BCUT2D eigenvalue weighted by Gasteiger charge is 2.44. The first-order valence-electron chi connectivity index (χ1n) is 3.51. The van der Waals surface area contributed by atoms with Crippen LogP contribution in [0.4, 0.5) is 0 Å². The molecule has 1 aliphatic carbocycles. The Labute approximate surface area is 57.0 Å². The van der Waals surface area contributed by atoms with Crippen molar-refractivity contribution in [3.63, 3.8) is 0 Å². The second-order valence-corrected chi connectivity index (χ2v) is 3.37. The van der Waals surface area contributed by atoms with Crippen molar-refractivity contribution in [2.45, 2.75) is 31.3 Å². The van der Waals surface area contributed by atoms with Crippen molar-refractivity contribution in [2.24, 2.45) is 5.73 Å². The third-order valence-electron chi connectivity index (χ3n) is 2.43. The highest BCUT2D eigenvalue weighted by molar-refractivity contribution is 5.05. The van der Waals surface area contributed by atoms with E-state index in [1.54, 1.807) is 0 Å². The molecule has 0 spiro atoms. The van der Waals surface area contributed by atoms with Crippen LogP contribution in [0.25, 0.3) is 0 Å². The van der Waals surface area contributed by atoms with Gasteiger partial charge in [-0.15, -0.1) is 0 Å². The molecule has 0 radical (unpaired) electrons. The number of nitrogens with zero attached hydrogens (tertiary/aromatic N) is 1. The summed E-state index contributed by atoms with van der Waals surface area (Å²) in [4.78, 5) is 2.19. The second kappa shape index (κ2) is 1.96. The van der Waals surface area contributed by atoms with Gasteiger partial charge in [0.2, 0.25) is 0 Å². The van der Waals surface area contributed by atoms with E-state index in [1.807, 2.05) is 0 Å². The van der Waals surface area contributed by atoms with Crippen LogP contribution in [0.15, 0.2) is 0 Å². The predicted octanol–water partition coefficient (Wildman–Crippen LogP) is 0.428. The Kier molecular flexibility index (Phi) is 1.53. The minimum Gasteiger partial charge on any atom is -0.324 e. The van der Waals surface area contributed by atoms with Gasteiger partial charge < -0.3 is 10.6 Å². The van der Waals surface area contributed by atoms with Gasteiger partial charge in [-0.1, -0.05) is 0 Å². The van der Waals surface area contributed by atoms with Gasteiger partial charge >= 0.3 is 0 Å². The summed E-state index contributed by atoms with van der Waals surface area (Å²) in [6, 6.07) is 0.539. The van der Waals surface area contributed by atoms with Gasteiger partial charge in [0.05, 0.1) is 0 Å². The van der Waals surface area contributed by atoms with Crippen molar-refractivity contribution in [3.05, 3.63) is 0 Å². The standard InChI is InChI=1S/C7H16N2/c1-6(9(2)3)7(8)4-5-7/h6H,4-5,8H2,1-3H3. The molecule has 2 N–H and O–H groups in total. The zero-order chi connectivity index (χ0) is 7.07. The Morgan fingerprint density at radius 1 is 1.44 bits per heavy atom. The quantitative estimate of drug-likeness (QED) is 0.584. The molecular formula is C7H16N2. The smallest absolute Gasteiger partial charge is 0.0310 e. The zero-order valence-electron chi connectivity index (χ0n) is 6.52. The third-order valence-corrected chi connectivity index (χ3v) is 2.43. The lowest BCUT2D eigenvalue weighted by Gasteiger charge is -2.25. The van der Waals surface area contributed by atoms with E-state index in [0.717, 1.165) is 0 Å². The van der Waals surface area contributed by atoms with Crippen LogP contribution < -0.4 is 5.73 Å². The van der Waals surface area contributed by atoms with Crippen LogP contribution in [0.5, 0.6) is 0 Å². The highest BCUT2D eigenvalue weighted by Crippen LogP contribution is 2.36. The Morgan fingerprint density at radius 3 is 2.00 bits per heavy atom. The van der Waals surface area contributed by atoms with Crippen molar-refractivity contribution in [1.29, 1.82) is 0 Å². The molecule has 54 valence electrons. The van der Waals surface area contributed by atoms with Gasteiger partial charge in [-0.25, -0.2) is 0 Å². The Hall–Kier alpha value is -0.0800. The molecule has 0 aromatic heterocycles. The predicted molar refractivity (Wildman–Crippen MR) is 39.3 cm³/mol. The normalized spacial score (nSPS) is 26.3. The molecule has 2 heteroatoms. The van der Waals surface area contributed by atoms with Crippen LogP contribution in [-0.4, -0.2) is 30.6 Å². The molecule has 0 heterocycles. The summed E-state index contributed by atoms with van der Waals surface area (Å²) in [5, 5.41) is 0. The van der Waals surface area contributed by atoms with E-state index < -0.39 is 0 Å². The number of hydrogen-bond donors (Lipinski definition) is 1. The molecule has 0 saturated heterocycles. The highest BCUT2D eigenvalue weighted by atomic mass is 15.1. The topological polar surface area (TPSA) is 29.3 Å². The van der Waals surface area contributed by atoms with E-state index in [4.69, 9.17) is 5.73 Å². The summed E-state index contributed by atoms with van der Waals surface area (Å²) in [6.45, 7) is 2.19. The number of rotatable bonds is 2. The SMILES string of the molecule is CC(N(C)C)C1(N)CC1. The fourth-order valence-corrected chi connectivity index (χ4v) is 1.08. The monoisotopic (exact) mass is 128 g/mol. The van der Waals surface area contributed by atoms with Crippen molar-refractivity contribution < 1.29 is 0 Å². The Balaban J connectivity index is 2.42. The molecule has 0 aromatic rings. The first-order chi connectivity index (χ1) is 4.06. The Morgan fingerprint density at radius 2 is 1.89 bits per heavy atom. The number of likely N-dealkylation sites (N-methyl/N-ethyl adjacent to an activating group) is 1. The van der Waals surface area contributed by atoms with Crippen molar-refractivity contribution in [1.82, 2.24) is 4.90 Å². The lowest BCUT2D eigenvalue weighted by atomic mass is 10.1. The molecule has 1 fully saturated rings. The lowest BCUT2D eigenvalue weighted by molar-refractivity contribution is 0.261. The van der Waals surface area contributed by atoms with Gasteiger partial charge in [-0.3, -0.25) is 0 Å². The van der Waals surface area contributed by atoms with Crippen LogP contribution in [0.3, 0.4) is 0 Å². The first kappa shape index (κ1) is 7.03. The van der Waals surface area contributed by atoms with Gasteiger partial charge in [0.1, 0.15) is 0 Å². The maximum Gasteiger partial charge on any atom is 0.0310 e. The van der Waals surface area contributed by atoms with E-state index in [0.29, 0.717) is 6.04 Å². The second-order valence-electron chi connectivity index (χ2n) is 3.37. The lowest BCUT2D eigenvalue weighted by Crippen LogP contribution is -2.44. The summed E-state index contributed by atoms with van der Waals surface area (Å²) >= 11 is 0.